The number of esters is 1. The maximum atomic E-state index is 13.1. The van der Waals surface area contributed by atoms with Crippen LogP contribution in [0.15, 0.2) is 97.2 Å². The summed E-state index contributed by atoms with van der Waals surface area (Å²) in [4.78, 5) is 25.9. The van der Waals surface area contributed by atoms with Crippen LogP contribution in [0, 0.1) is 0 Å². The minimum atomic E-state index is -0.824. The summed E-state index contributed by atoms with van der Waals surface area (Å²) in [7, 11) is 0. The Bertz CT molecular complexity index is 1160. The van der Waals surface area contributed by atoms with Gasteiger partial charge in [0.25, 0.3) is 0 Å². The first-order valence-electron chi connectivity index (χ1n) is 23.1. The van der Waals surface area contributed by atoms with Crippen LogP contribution >= 0.6 is 0 Å². The highest BCUT2D eigenvalue weighted by Crippen LogP contribution is 2.15. The van der Waals surface area contributed by atoms with E-state index in [1.807, 2.05) is 54.7 Å². The molecule has 0 aliphatic rings. The van der Waals surface area contributed by atoms with Crippen LogP contribution in [0.1, 0.15) is 188 Å². The Morgan fingerprint density at radius 3 is 1.49 bits per heavy atom. The second kappa shape index (κ2) is 43.9. The number of nitrogens with one attached hydrogen (secondary N) is 1. The number of allylic oxidation sites excluding steroid dienone is 15. The fourth-order valence-electron chi connectivity index (χ4n) is 6.33. The Morgan fingerprint density at radius 1 is 0.544 bits per heavy atom. The van der Waals surface area contributed by atoms with E-state index in [-0.39, 0.29) is 24.9 Å². The van der Waals surface area contributed by atoms with Crippen LogP contribution in [0.4, 0.5) is 0 Å². The number of carbonyl (C=O) groups excluding carboxylic acids is 2. The summed E-state index contributed by atoms with van der Waals surface area (Å²) in [6, 6.07) is -0.747. The quantitative estimate of drug-likeness (QED) is 0.0327. The lowest BCUT2D eigenvalue weighted by Crippen LogP contribution is -2.46. The van der Waals surface area contributed by atoms with E-state index in [1.165, 1.54) is 70.6 Å². The fraction of sp³-hybridized carbons (Fsp3) is 0.647. The van der Waals surface area contributed by atoms with Crippen LogP contribution in [0.2, 0.25) is 0 Å². The molecule has 3 unspecified atom stereocenters. The smallest absolute Gasteiger partial charge is 0.306 e. The number of aliphatic hydroxyl groups excluding tert-OH is 2. The predicted molar refractivity (Wildman–Crippen MR) is 245 cm³/mol. The molecule has 3 N–H and O–H groups in total. The van der Waals surface area contributed by atoms with E-state index in [4.69, 9.17) is 4.74 Å². The summed E-state index contributed by atoms with van der Waals surface area (Å²) in [6.45, 7) is 6.23. The van der Waals surface area contributed by atoms with Crippen molar-refractivity contribution in [3.05, 3.63) is 97.2 Å². The number of hydrogen-bond donors (Lipinski definition) is 3. The minimum absolute atomic E-state index is 0.0326. The molecule has 3 atom stereocenters. The number of amides is 1. The van der Waals surface area contributed by atoms with Gasteiger partial charge in [-0.25, -0.2) is 0 Å². The molecular formula is C51H85NO5. The van der Waals surface area contributed by atoms with Gasteiger partial charge in [0.2, 0.25) is 5.91 Å². The van der Waals surface area contributed by atoms with E-state index in [0.717, 1.165) is 70.6 Å². The molecule has 0 saturated carbocycles. The first-order valence-corrected chi connectivity index (χ1v) is 23.1. The zero-order chi connectivity index (χ0) is 41.7. The Morgan fingerprint density at radius 2 is 0.982 bits per heavy atom. The number of ether oxygens (including phenoxy) is 1. The summed E-state index contributed by atoms with van der Waals surface area (Å²) >= 11 is 0. The highest BCUT2D eigenvalue weighted by molar-refractivity contribution is 5.77. The molecule has 0 spiro atoms. The van der Waals surface area contributed by atoms with Crippen molar-refractivity contribution < 1.29 is 24.5 Å². The molecule has 0 fully saturated rings. The monoisotopic (exact) mass is 792 g/mol. The number of aliphatic hydroxyl groups is 2. The van der Waals surface area contributed by atoms with Gasteiger partial charge in [-0.05, 0) is 44.9 Å². The van der Waals surface area contributed by atoms with Gasteiger partial charge < -0.3 is 20.3 Å². The van der Waals surface area contributed by atoms with Gasteiger partial charge in [0.05, 0.1) is 25.2 Å². The lowest BCUT2D eigenvalue weighted by molar-refractivity contribution is -0.150. The number of hydrogen-bond acceptors (Lipinski definition) is 5. The molecule has 0 heterocycles. The van der Waals surface area contributed by atoms with E-state index in [0.29, 0.717) is 19.3 Å². The lowest BCUT2D eigenvalue weighted by Gasteiger charge is -2.24. The number of unbranched alkanes of at least 4 members (excludes halogenated alkanes) is 18. The largest absolute Gasteiger partial charge is 0.461 e. The predicted octanol–water partition coefficient (Wildman–Crippen LogP) is 13.4. The van der Waals surface area contributed by atoms with Crippen molar-refractivity contribution >= 4 is 11.9 Å². The summed E-state index contributed by atoms with van der Waals surface area (Å²) in [5.41, 5.74) is 0. The zero-order valence-corrected chi connectivity index (χ0v) is 36.7. The molecule has 0 aliphatic heterocycles. The van der Waals surface area contributed by atoms with Crippen LogP contribution in [0.5, 0.6) is 0 Å². The third-order valence-corrected chi connectivity index (χ3v) is 9.84. The van der Waals surface area contributed by atoms with Crippen LogP contribution in [-0.4, -0.2) is 46.9 Å². The molecule has 0 rings (SSSR count). The van der Waals surface area contributed by atoms with Crippen molar-refractivity contribution in [1.82, 2.24) is 5.32 Å². The van der Waals surface area contributed by atoms with E-state index >= 15 is 0 Å². The van der Waals surface area contributed by atoms with Gasteiger partial charge in [-0.1, -0.05) is 221 Å². The van der Waals surface area contributed by atoms with Crippen molar-refractivity contribution in [3.8, 4) is 0 Å². The molecule has 0 aromatic carbocycles. The third-order valence-electron chi connectivity index (χ3n) is 9.84. The third kappa shape index (κ3) is 39.4. The molecule has 0 aliphatic carbocycles. The van der Waals surface area contributed by atoms with Crippen molar-refractivity contribution in [3.63, 3.8) is 0 Å². The molecule has 57 heavy (non-hydrogen) atoms. The van der Waals surface area contributed by atoms with E-state index in [1.54, 1.807) is 0 Å². The molecule has 0 radical (unpaired) electrons. The highest BCUT2D eigenvalue weighted by Gasteiger charge is 2.23. The highest BCUT2D eigenvalue weighted by atomic mass is 16.5. The fourth-order valence-corrected chi connectivity index (χ4v) is 6.33. The molecule has 0 aromatic rings. The molecule has 0 aromatic heterocycles. The van der Waals surface area contributed by atoms with E-state index < -0.39 is 18.2 Å². The summed E-state index contributed by atoms with van der Waals surface area (Å²) in [5, 5.41) is 23.5. The SMILES string of the molecule is CC/C=C/C=C/C=C\C=C/C=C/CC(CC(=O)NC(CO)C(O)CCCCCCCCCCC)OC(=O)CCCCCCC/C=C/C=C/C=C/CCCCCCC. The molecule has 6 nitrogen and oxygen atoms in total. The Hall–Kier alpha value is -3.22. The molecule has 1 amide bonds. The van der Waals surface area contributed by atoms with Crippen LogP contribution < -0.4 is 5.32 Å². The average molecular weight is 792 g/mol. The van der Waals surface area contributed by atoms with E-state index in [9.17, 15) is 19.8 Å². The zero-order valence-electron chi connectivity index (χ0n) is 36.7. The first-order chi connectivity index (χ1) is 28.0. The van der Waals surface area contributed by atoms with Crippen molar-refractivity contribution in [1.29, 1.82) is 0 Å². The summed E-state index contributed by atoms with van der Waals surface area (Å²) < 4.78 is 5.81. The van der Waals surface area contributed by atoms with Gasteiger partial charge in [0, 0.05) is 12.8 Å². The Kier molecular flexibility index (Phi) is 41.4. The second-order valence-corrected chi connectivity index (χ2v) is 15.3. The summed E-state index contributed by atoms with van der Waals surface area (Å²) in [5.74, 6) is -0.643. The number of carbonyl (C=O) groups is 2. The van der Waals surface area contributed by atoms with Gasteiger partial charge in [0.15, 0.2) is 0 Å². The lowest BCUT2D eigenvalue weighted by atomic mass is 10.0. The van der Waals surface area contributed by atoms with Gasteiger partial charge >= 0.3 is 5.97 Å². The van der Waals surface area contributed by atoms with Gasteiger partial charge in [-0.2, -0.15) is 0 Å². The molecule has 324 valence electrons. The number of rotatable bonds is 39. The normalized spacial score (nSPS) is 14.3. The maximum Gasteiger partial charge on any atom is 0.306 e. The standard InChI is InChI=1S/C51H85NO5/c1-4-7-10-13-16-19-21-22-23-24-25-26-27-29-32-35-38-41-44-51(56)57-47(42-39-36-33-31-28-20-17-14-11-8-5-2)45-50(55)52-48(46-53)49(54)43-40-37-34-30-18-15-12-9-6-3/h8,11,14,17,20-26,28,31,33,36,39,47-49,53-54H,4-7,9-10,12-13,15-16,18-19,27,29-30,32,34-35,37-38,40-46H2,1-3H3,(H,52,55)/b11-8+,17-14+,22-21+,24-23+,26-25+,28-20-,33-31-,39-36+. The second-order valence-electron chi connectivity index (χ2n) is 15.3. The van der Waals surface area contributed by atoms with Crippen molar-refractivity contribution in [2.24, 2.45) is 0 Å². The average Bonchev–Trinajstić information content (AvgIpc) is 3.20. The van der Waals surface area contributed by atoms with Gasteiger partial charge in [-0.3, -0.25) is 9.59 Å². The Balaban J connectivity index is 4.74. The van der Waals surface area contributed by atoms with E-state index in [2.05, 4.69) is 68.6 Å². The van der Waals surface area contributed by atoms with Crippen LogP contribution in [-0.2, 0) is 14.3 Å². The van der Waals surface area contributed by atoms with Crippen LogP contribution in [0.3, 0.4) is 0 Å². The summed E-state index contributed by atoms with van der Waals surface area (Å²) in [6.07, 6.45) is 57.8. The van der Waals surface area contributed by atoms with Gasteiger partial charge in [0.1, 0.15) is 6.10 Å². The Labute approximate surface area is 350 Å². The van der Waals surface area contributed by atoms with Crippen molar-refractivity contribution in [2.45, 2.75) is 206 Å². The molecule has 0 saturated heterocycles. The molecule has 6 heteroatoms. The first kappa shape index (κ1) is 53.8. The molecule has 0 bridgehead atoms. The maximum absolute atomic E-state index is 13.1. The van der Waals surface area contributed by atoms with Crippen LogP contribution in [0.25, 0.3) is 0 Å². The topological polar surface area (TPSA) is 95.9 Å². The molecular weight excluding hydrogens is 707 g/mol. The van der Waals surface area contributed by atoms with Crippen molar-refractivity contribution in [2.75, 3.05) is 6.61 Å². The minimum Gasteiger partial charge on any atom is -0.461 e. The van der Waals surface area contributed by atoms with Gasteiger partial charge in [-0.15, -0.1) is 0 Å².